The fraction of sp³-hybridized carbons (Fsp3) is 0.273. The highest BCUT2D eigenvalue weighted by atomic mass is 15.3. The van der Waals surface area contributed by atoms with Gasteiger partial charge in [0.25, 0.3) is 0 Å². The number of para-hydroxylation sites is 1. The molecule has 26 heavy (non-hydrogen) atoms. The first kappa shape index (κ1) is 16.6. The lowest BCUT2D eigenvalue weighted by Crippen LogP contribution is -2.23. The Hall–Kier alpha value is -2.88. The molecule has 0 saturated carbocycles. The SMILES string of the molecule is Cc1cc(N(Cc2ccccc2)c2ccccc2)nc(N2CCCC2)n1. The maximum absolute atomic E-state index is 4.93. The first-order chi connectivity index (χ1) is 12.8. The van der Waals surface area contributed by atoms with Crippen LogP contribution in [0.1, 0.15) is 24.1 Å². The van der Waals surface area contributed by atoms with Gasteiger partial charge in [-0.1, -0.05) is 48.5 Å². The predicted molar refractivity (Wildman–Crippen MR) is 107 cm³/mol. The van der Waals surface area contributed by atoms with E-state index in [0.717, 1.165) is 42.8 Å². The fourth-order valence-corrected chi connectivity index (χ4v) is 3.41. The van der Waals surface area contributed by atoms with Gasteiger partial charge in [-0.25, -0.2) is 4.98 Å². The van der Waals surface area contributed by atoms with E-state index >= 15 is 0 Å². The molecule has 132 valence electrons. The van der Waals surface area contributed by atoms with Gasteiger partial charge < -0.3 is 9.80 Å². The van der Waals surface area contributed by atoms with E-state index in [1.54, 1.807) is 0 Å². The van der Waals surface area contributed by atoms with Gasteiger partial charge in [0, 0.05) is 37.1 Å². The number of aromatic nitrogens is 2. The van der Waals surface area contributed by atoms with Gasteiger partial charge in [0.2, 0.25) is 5.95 Å². The minimum absolute atomic E-state index is 0.779. The van der Waals surface area contributed by atoms with E-state index in [1.807, 2.05) is 6.07 Å². The summed E-state index contributed by atoms with van der Waals surface area (Å²) < 4.78 is 0. The fourth-order valence-electron chi connectivity index (χ4n) is 3.41. The lowest BCUT2D eigenvalue weighted by molar-refractivity contribution is 0.867. The van der Waals surface area contributed by atoms with Crippen LogP contribution in [0, 0.1) is 6.92 Å². The van der Waals surface area contributed by atoms with Crippen molar-refractivity contribution in [3.8, 4) is 0 Å². The molecule has 4 rings (SSSR count). The van der Waals surface area contributed by atoms with Crippen LogP contribution in [0.3, 0.4) is 0 Å². The molecule has 2 heterocycles. The topological polar surface area (TPSA) is 32.3 Å². The summed E-state index contributed by atoms with van der Waals surface area (Å²) in [7, 11) is 0. The van der Waals surface area contributed by atoms with Crippen molar-refractivity contribution in [3.63, 3.8) is 0 Å². The molecule has 1 aromatic heterocycles. The number of hydrogen-bond donors (Lipinski definition) is 0. The van der Waals surface area contributed by atoms with Gasteiger partial charge in [-0.3, -0.25) is 0 Å². The monoisotopic (exact) mass is 344 g/mol. The van der Waals surface area contributed by atoms with E-state index < -0.39 is 0 Å². The van der Waals surface area contributed by atoms with Gasteiger partial charge in [-0.15, -0.1) is 0 Å². The number of aryl methyl sites for hydroxylation is 1. The Morgan fingerprint density at radius 3 is 2.23 bits per heavy atom. The Bertz CT molecular complexity index is 843. The lowest BCUT2D eigenvalue weighted by atomic mass is 10.2. The standard InChI is InChI=1S/C22H24N4/c1-18-16-21(24-22(23-18)25-14-8-9-15-25)26(20-12-6-3-7-13-20)17-19-10-4-2-5-11-19/h2-7,10-13,16H,8-9,14-15,17H2,1H3. The van der Waals surface area contributed by atoms with Crippen LogP contribution in [0.2, 0.25) is 0 Å². The molecule has 3 aromatic rings. The molecule has 0 amide bonds. The van der Waals surface area contributed by atoms with E-state index in [4.69, 9.17) is 4.98 Å². The molecule has 0 unspecified atom stereocenters. The van der Waals surface area contributed by atoms with Gasteiger partial charge in [-0.2, -0.15) is 4.98 Å². The highest BCUT2D eigenvalue weighted by molar-refractivity contribution is 5.61. The molecule has 1 aliphatic heterocycles. The summed E-state index contributed by atoms with van der Waals surface area (Å²) in [6.07, 6.45) is 2.44. The largest absolute Gasteiger partial charge is 0.341 e. The summed E-state index contributed by atoms with van der Waals surface area (Å²) in [5.74, 6) is 1.81. The zero-order chi connectivity index (χ0) is 17.8. The number of anilines is 3. The summed E-state index contributed by atoms with van der Waals surface area (Å²) in [6.45, 7) is 4.93. The molecule has 1 aliphatic rings. The van der Waals surface area contributed by atoms with Crippen molar-refractivity contribution in [1.29, 1.82) is 0 Å². The molecule has 1 fully saturated rings. The third-order valence-corrected chi connectivity index (χ3v) is 4.75. The summed E-state index contributed by atoms with van der Waals surface area (Å²) in [5, 5.41) is 0. The van der Waals surface area contributed by atoms with Gasteiger partial charge in [0.1, 0.15) is 5.82 Å². The third-order valence-electron chi connectivity index (χ3n) is 4.75. The minimum atomic E-state index is 0.779. The summed E-state index contributed by atoms with van der Waals surface area (Å²) in [4.78, 5) is 14.2. The molecule has 0 spiro atoms. The molecule has 0 bridgehead atoms. The molecular formula is C22H24N4. The Balaban J connectivity index is 1.73. The van der Waals surface area contributed by atoms with Crippen LogP contribution in [-0.4, -0.2) is 23.1 Å². The molecule has 0 atom stereocenters. The van der Waals surface area contributed by atoms with E-state index in [0.29, 0.717) is 0 Å². The Morgan fingerprint density at radius 2 is 1.54 bits per heavy atom. The molecule has 4 nitrogen and oxygen atoms in total. The minimum Gasteiger partial charge on any atom is -0.341 e. The molecule has 1 saturated heterocycles. The van der Waals surface area contributed by atoms with Gasteiger partial charge in [-0.05, 0) is 37.5 Å². The molecule has 0 radical (unpaired) electrons. The molecule has 4 heteroatoms. The third kappa shape index (κ3) is 3.69. The van der Waals surface area contributed by atoms with Crippen LogP contribution in [0.4, 0.5) is 17.5 Å². The first-order valence-electron chi connectivity index (χ1n) is 9.27. The van der Waals surface area contributed by atoms with Crippen LogP contribution < -0.4 is 9.80 Å². The number of rotatable bonds is 5. The van der Waals surface area contributed by atoms with E-state index in [-0.39, 0.29) is 0 Å². The smallest absolute Gasteiger partial charge is 0.227 e. The average molecular weight is 344 g/mol. The van der Waals surface area contributed by atoms with Crippen LogP contribution in [0.5, 0.6) is 0 Å². The predicted octanol–water partition coefficient (Wildman–Crippen LogP) is 4.72. The van der Waals surface area contributed by atoms with Crippen molar-refractivity contribution in [1.82, 2.24) is 9.97 Å². The lowest BCUT2D eigenvalue weighted by Gasteiger charge is -2.26. The van der Waals surface area contributed by atoms with Crippen LogP contribution in [0.25, 0.3) is 0 Å². The van der Waals surface area contributed by atoms with Crippen molar-refractivity contribution in [2.24, 2.45) is 0 Å². The van der Waals surface area contributed by atoms with E-state index in [2.05, 4.69) is 82.4 Å². The van der Waals surface area contributed by atoms with Crippen molar-refractivity contribution >= 4 is 17.5 Å². The second kappa shape index (κ2) is 7.56. The van der Waals surface area contributed by atoms with Crippen LogP contribution >= 0.6 is 0 Å². The number of benzene rings is 2. The first-order valence-corrected chi connectivity index (χ1v) is 9.27. The zero-order valence-electron chi connectivity index (χ0n) is 15.2. The molecular weight excluding hydrogens is 320 g/mol. The highest BCUT2D eigenvalue weighted by Gasteiger charge is 2.19. The quantitative estimate of drug-likeness (QED) is 0.670. The van der Waals surface area contributed by atoms with Gasteiger partial charge in [0.05, 0.1) is 0 Å². The second-order valence-electron chi connectivity index (χ2n) is 6.77. The number of nitrogens with zero attached hydrogens (tertiary/aromatic N) is 4. The maximum Gasteiger partial charge on any atom is 0.227 e. The number of hydrogen-bond acceptors (Lipinski definition) is 4. The summed E-state index contributed by atoms with van der Waals surface area (Å²) in [6, 6.07) is 23.1. The molecule has 2 aromatic carbocycles. The van der Waals surface area contributed by atoms with Crippen molar-refractivity contribution in [2.75, 3.05) is 22.9 Å². The van der Waals surface area contributed by atoms with Crippen molar-refractivity contribution in [2.45, 2.75) is 26.3 Å². The van der Waals surface area contributed by atoms with Crippen molar-refractivity contribution in [3.05, 3.63) is 78.0 Å². The molecule has 0 aliphatic carbocycles. The average Bonchev–Trinajstić information content (AvgIpc) is 3.22. The highest BCUT2D eigenvalue weighted by Crippen LogP contribution is 2.28. The zero-order valence-corrected chi connectivity index (χ0v) is 15.2. The summed E-state index contributed by atoms with van der Waals surface area (Å²) >= 11 is 0. The summed E-state index contributed by atoms with van der Waals surface area (Å²) in [5.41, 5.74) is 3.41. The van der Waals surface area contributed by atoms with Crippen LogP contribution in [-0.2, 0) is 6.54 Å². The Kier molecular flexibility index (Phi) is 4.82. The van der Waals surface area contributed by atoms with E-state index in [1.165, 1.54) is 18.4 Å². The van der Waals surface area contributed by atoms with Gasteiger partial charge >= 0.3 is 0 Å². The molecule has 0 N–H and O–H groups in total. The van der Waals surface area contributed by atoms with Crippen molar-refractivity contribution < 1.29 is 0 Å². The van der Waals surface area contributed by atoms with Gasteiger partial charge in [0.15, 0.2) is 0 Å². The normalized spacial score (nSPS) is 13.8. The Labute approximate surface area is 155 Å². The van der Waals surface area contributed by atoms with Crippen LogP contribution in [0.15, 0.2) is 66.7 Å². The Morgan fingerprint density at radius 1 is 0.885 bits per heavy atom. The second-order valence-corrected chi connectivity index (χ2v) is 6.77. The van der Waals surface area contributed by atoms with E-state index in [9.17, 15) is 0 Å². The maximum atomic E-state index is 4.93.